The highest BCUT2D eigenvalue weighted by Gasteiger charge is 2.22. The van der Waals surface area contributed by atoms with Crippen molar-refractivity contribution in [2.75, 3.05) is 7.11 Å². The van der Waals surface area contributed by atoms with Gasteiger partial charge in [-0.1, -0.05) is 12.1 Å². The van der Waals surface area contributed by atoms with Crippen LogP contribution in [0.1, 0.15) is 10.4 Å². The minimum absolute atomic E-state index is 0.0405. The highest BCUT2D eigenvalue weighted by Crippen LogP contribution is 2.30. The average molecular weight is 352 g/mol. The van der Waals surface area contributed by atoms with E-state index < -0.39 is 21.8 Å². The Hall–Kier alpha value is -3.07. The molecule has 24 heavy (non-hydrogen) atoms. The number of rotatable bonds is 6. The monoisotopic (exact) mass is 352 g/mol. The van der Waals surface area contributed by atoms with Crippen molar-refractivity contribution in [3.63, 3.8) is 0 Å². The number of hydrogen-bond acceptors (Lipinski definition) is 8. The Morgan fingerprint density at radius 2 is 1.83 bits per heavy atom. The first-order chi connectivity index (χ1) is 11.4. The summed E-state index contributed by atoms with van der Waals surface area (Å²) in [6.45, 7) is 0.0405. The van der Waals surface area contributed by atoms with Crippen molar-refractivity contribution in [3.8, 4) is 17.2 Å². The SMILES string of the molecule is COC(=O)c1ccccc1OS(=O)(=O)c1ccc(O)c(OC=O)c1. The van der Waals surface area contributed by atoms with Gasteiger partial charge in [0, 0.05) is 6.07 Å². The van der Waals surface area contributed by atoms with E-state index >= 15 is 0 Å². The minimum Gasteiger partial charge on any atom is -0.504 e. The zero-order chi connectivity index (χ0) is 17.7. The molecule has 0 aromatic heterocycles. The number of hydrogen-bond donors (Lipinski definition) is 1. The summed E-state index contributed by atoms with van der Waals surface area (Å²) in [6, 6.07) is 8.63. The lowest BCUT2D eigenvalue weighted by molar-refractivity contribution is -0.120. The minimum atomic E-state index is -4.35. The van der Waals surface area contributed by atoms with Crippen LogP contribution in [0.4, 0.5) is 0 Å². The van der Waals surface area contributed by atoms with Crippen molar-refractivity contribution >= 4 is 22.6 Å². The Kier molecular flexibility index (Phi) is 5.05. The average Bonchev–Trinajstić information content (AvgIpc) is 2.56. The first kappa shape index (κ1) is 17.3. The van der Waals surface area contributed by atoms with Crippen molar-refractivity contribution in [1.29, 1.82) is 0 Å². The van der Waals surface area contributed by atoms with E-state index in [1.807, 2.05) is 0 Å². The number of para-hydroxylation sites is 1. The van der Waals surface area contributed by atoms with Crippen LogP contribution in [-0.2, 0) is 19.6 Å². The first-order valence-electron chi connectivity index (χ1n) is 6.44. The molecule has 0 aliphatic carbocycles. The molecule has 0 radical (unpaired) electrons. The Balaban J connectivity index is 2.41. The summed E-state index contributed by atoms with van der Waals surface area (Å²) in [4.78, 5) is 21.6. The molecule has 0 bridgehead atoms. The third-order valence-electron chi connectivity index (χ3n) is 2.89. The van der Waals surface area contributed by atoms with Gasteiger partial charge in [0.25, 0.3) is 6.47 Å². The lowest BCUT2D eigenvalue weighted by Gasteiger charge is -2.11. The number of methoxy groups -OCH3 is 1. The fourth-order valence-electron chi connectivity index (χ4n) is 1.78. The molecule has 126 valence electrons. The maximum absolute atomic E-state index is 12.3. The van der Waals surface area contributed by atoms with Crippen LogP contribution < -0.4 is 8.92 Å². The maximum Gasteiger partial charge on any atom is 0.341 e. The first-order valence-corrected chi connectivity index (χ1v) is 7.85. The number of phenols is 1. The Labute approximate surface area is 137 Å². The summed E-state index contributed by atoms with van der Waals surface area (Å²) >= 11 is 0. The van der Waals surface area contributed by atoms with Crippen LogP contribution >= 0.6 is 0 Å². The van der Waals surface area contributed by atoms with Gasteiger partial charge < -0.3 is 18.8 Å². The highest BCUT2D eigenvalue weighted by atomic mass is 32.2. The molecule has 0 fully saturated rings. The number of carbonyl (C=O) groups is 2. The summed E-state index contributed by atoms with van der Waals surface area (Å²) in [6.07, 6.45) is 0. The second-order valence-corrected chi connectivity index (χ2v) is 5.92. The number of phenolic OH excluding ortho intramolecular Hbond substituents is 1. The summed E-state index contributed by atoms with van der Waals surface area (Å²) < 4.78 is 38.7. The maximum atomic E-state index is 12.3. The van der Waals surface area contributed by atoms with Gasteiger partial charge in [-0.25, -0.2) is 4.79 Å². The number of esters is 1. The summed E-state index contributed by atoms with van der Waals surface area (Å²) in [5.41, 5.74) is -0.0771. The van der Waals surface area contributed by atoms with E-state index in [1.165, 1.54) is 24.3 Å². The molecule has 0 unspecified atom stereocenters. The van der Waals surface area contributed by atoms with Crippen LogP contribution in [0.15, 0.2) is 47.4 Å². The van der Waals surface area contributed by atoms with E-state index in [4.69, 9.17) is 4.18 Å². The Morgan fingerprint density at radius 3 is 2.50 bits per heavy atom. The molecule has 0 spiro atoms. The molecule has 2 rings (SSSR count). The predicted molar refractivity (Wildman–Crippen MR) is 80.4 cm³/mol. The molecule has 0 atom stereocenters. The summed E-state index contributed by atoms with van der Waals surface area (Å²) in [7, 11) is -3.20. The van der Waals surface area contributed by atoms with Gasteiger partial charge in [0.2, 0.25) is 0 Å². The van der Waals surface area contributed by atoms with Gasteiger partial charge in [0.05, 0.1) is 7.11 Å². The van der Waals surface area contributed by atoms with E-state index in [9.17, 15) is 23.1 Å². The van der Waals surface area contributed by atoms with Crippen LogP contribution in [0.5, 0.6) is 17.2 Å². The second kappa shape index (κ2) is 7.01. The highest BCUT2D eigenvalue weighted by molar-refractivity contribution is 7.87. The molecule has 0 saturated heterocycles. The van der Waals surface area contributed by atoms with Gasteiger partial charge in [0.1, 0.15) is 10.5 Å². The lowest BCUT2D eigenvalue weighted by atomic mass is 10.2. The molecule has 9 heteroatoms. The normalized spacial score (nSPS) is 10.7. The molecular weight excluding hydrogens is 340 g/mol. The van der Waals surface area contributed by atoms with Crippen molar-refractivity contribution in [2.24, 2.45) is 0 Å². The van der Waals surface area contributed by atoms with Crippen molar-refractivity contribution in [2.45, 2.75) is 4.90 Å². The quantitative estimate of drug-likeness (QED) is 0.472. The molecular formula is C15H12O8S. The van der Waals surface area contributed by atoms with E-state index in [0.29, 0.717) is 0 Å². The van der Waals surface area contributed by atoms with E-state index in [2.05, 4.69) is 9.47 Å². The number of benzene rings is 2. The van der Waals surface area contributed by atoms with Crippen LogP contribution in [0.25, 0.3) is 0 Å². The molecule has 0 amide bonds. The van der Waals surface area contributed by atoms with Crippen LogP contribution in [-0.4, -0.2) is 33.1 Å². The molecule has 2 aromatic carbocycles. The molecule has 0 heterocycles. The van der Waals surface area contributed by atoms with Gasteiger partial charge in [-0.3, -0.25) is 4.79 Å². The molecule has 1 N–H and O–H groups in total. The van der Waals surface area contributed by atoms with Crippen molar-refractivity contribution in [1.82, 2.24) is 0 Å². The van der Waals surface area contributed by atoms with Gasteiger partial charge in [-0.05, 0) is 24.3 Å². The van der Waals surface area contributed by atoms with E-state index in [1.54, 1.807) is 0 Å². The predicted octanol–water partition coefficient (Wildman–Crippen LogP) is 1.48. The standard InChI is InChI=1S/C15H12O8S/c1-21-15(18)11-4-2-3-5-13(11)23-24(19,20)10-6-7-12(17)14(8-10)22-9-16/h2-9,17H,1H3. The van der Waals surface area contributed by atoms with Gasteiger partial charge in [0.15, 0.2) is 17.2 Å². The smallest absolute Gasteiger partial charge is 0.341 e. The van der Waals surface area contributed by atoms with Crippen LogP contribution in [0.3, 0.4) is 0 Å². The topological polar surface area (TPSA) is 116 Å². The Morgan fingerprint density at radius 1 is 1.12 bits per heavy atom. The third kappa shape index (κ3) is 3.63. The molecule has 8 nitrogen and oxygen atoms in total. The van der Waals surface area contributed by atoms with Crippen LogP contribution in [0.2, 0.25) is 0 Å². The molecule has 0 aliphatic rings. The van der Waals surface area contributed by atoms with Crippen LogP contribution in [0, 0.1) is 0 Å². The van der Waals surface area contributed by atoms with Gasteiger partial charge >= 0.3 is 16.1 Å². The molecule has 0 saturated carbocycles. The fourth-order valence-corrected chi connectivity index (χ4v) is 2.74. The summed E-state index contributed by atoms with van der Waals surface area (Å²) in [5.74, 6) is -1.77. The number of carbonyl (C=O) groups excluding carboxylic acids is 2. The summed E-state index contributed by atoms with van der Waals surface area (Å²) in [5, 5.41) is 9.49. The van der Waals surface area contributed by atoms with E-state index in [0.717, 1.165) is 25.3 Å². The van der Waals surface area contributed by atoms with Crippen molar-refractivity contribution in [3.05, 3.63) is 48.0 Å². The molecule has 0 aliphatic heterocycles. The molecule has 2 aromatic rings. The van der Waals surface area contributed by atoms with Crippen molar-refractivity contribution < 1.29 is 36.8 Å². The van der Waals surface area contributed by atoms with Gasteiger partial charge in [-0.15, -0.1) is 0 Å². The second-order valence-electron chi connectivity index (χ2n) is 4.37. The number of ether oxygens (including phenoxy) is 2. The zero-order valence-corrected chi connectivity index (χ0v) is 13.1. The fraction of sp³-hybridized carbons (Fsp3) is 0.0667. The lowest BCUT2D eigenvalue weighted by Crippen LogP contribution is -2.13. The van der Waals surface area contributed by atoms with E-state index in [-0.39, 0.29) is 28.4 Å². The Bertz CT molecular complexity index is 873. The van der Waals surface area contributed by atoms with Gasteiger partial charge in [-0.2, -0.15) is 8.42 Å². The largest absolute Gasteiger partial charge is 0.504 e. The zero-order valence-electron chi connectivity index (χ0n) is 12.3. The third-order valence-corrected chi connectivity index (χ3v) is 4.12. The number of aromatic hydroxyl groups is 1.